The van der Waals surface area contributed by atoms with Crippen molar-refractivity contribution in [1.82, 2.24) is 5.32 Å². The van der Waals surface area contributed by atoms with Crippen LogP contribution in [0.3, 0.4) is 0 Å². The Kier molecular flexibility index (Phi) is 6.25. The van der Waals surface area contributed by atoms with Crippen molar-refractivity contribution >= 4 is 29.3 Å². The molecule has 1 atom stereocenters. The lowest BCUT2D eigenvalue weighted by molar-refractivity contribution is -0.144. The third-order valence-corrected chi connectivity index (χ3v) is 3.57. The number of ether oxygens (including phenoxy) is 1. The number of nitrogens with one attached hydrogen (secondary N) is 1. The zero-order valence-corrected chi connectivity index (χ0v) is 14.0. The highest BCUT2D eigenvalue weighted by Gasteiger charge is 2.19. The molecular formula is C18H15ClFNO4. The molecule has 2 rings (SSSR count). The zero-order chi connectivity index (χ0) is 18.4. The van der Waals surface area contributed by atoms with Gasteiger partial charge in [0.2, 0.25) is 0 Å². The number of carbonyl (C=O) groups excluding carboxylic acids is 3. The molecule has 0 aliphatic heterocycles. The third kappa shape index (κ3) is 5.39. The molecule has 7 heteroatoms. The van der Waals surface area contributed by atoms with Gasteiger partial charge in [0.15, 0.2) is 12.4 Å². The van der Waals surface area contributed by atoms with Gasteiger partial charge in [-0.2, -0.15) is 0 Å². The van der Waals surface area contributed by atoms with Crippen molar-refractivity contribution < 1.29 is 23.5 Å². The van der Waals surface area contributed by atoms with Crippen molar-refractivity contribution in [2.75, 3.05) is 6.61 Å². The van der Waals surface area contributed by atoms with Crippen molar-refractivity contribution in [3.8, 4) is 0 Å². The molecule has 0 aliphatic rings. The van der Waals surface area contributed by atoms with Crippen LogP contribution >= 0.6 is 11.6 Å². The summed E-state index contributed by atoms with van der Waals surface area (Å²) < 4.78 is 17.7. The molecule has 25 heavy (non-hydrogen) atoms. The minimum absolute atomic E-state index is 0.229. The minimum atomic E-state index is -0.941. The van der Waals surface area contributed by atoms with Crippen LogP contribution in [0.4, 0.5) is 4.39 Å². The second kappa shape index (κ2) is 8.39. The van der Waals surface area contributed by atoms with Crippen LogP contribution in [-0.2, 0) is 9.53 Å². The van der Waals surface area contributed by atoms with E-state index in [1.54, 1.807) is 12.1 Å². The molecule has 130 valence electrons. The summed E-state index contributed by atoms with van der Waals surface area (Å²) in [6.07, 6.45) is 0. The lowest BCUT2D eigenvalue weighted by atomic mass is 10.1. The number of rotatable bonds is 6. The van der Waals surface area contributed by atoms with Crippen molar-refractivity contribution in [2.45, 2.75) is 13.0 Å². The number of Topliss-reactive ketones (excluding diaryl/α,β-unsaturated/α-hetero) is 1. The summed E-state index contributed by atoms with van der Waals surface area (Å²) >= 11 is 5.74. The van der Waals surface area contributed by atoms with Crippen LogP contribution < -0.4 is 5.32 Å². The molecule has 1 N–H and O–H groups in total. The first-order chi connectivity index (χ1) is 11.9. The maximum absolute atomic E-state index is 12.8. The summed E-state index contributed by atoms with van der Waals surface area (Å²) in [5.74, 6) is -2.15. The molecule has 5 nitrogen and oxygen atoms in total. The van der Waals surface area contributed by atoms with Crippen molar-refractivity contribution in [2.24, 2.45) is 0 Å². The average Bonchev–Trinajstić information content (AvgIpc) is 2.60. The highest BCUT2D eigenvalue weighted by molar-refractivity contribution is 6.30. The quantitative estimate of drug-likeness (QED) is 0.632. The van der Waals surface area contributed by atoms with E-state index < -0.39 is 36.1 Å². The van der Waals surface area contributed by atoms with E-state index in [1.165, 1.54) is 31.2 Å². The smallest absolute Gasteiger partial charge is 0.328 e. The van der Waals surface area contributed by atoms with Crippen LogP contribution in [-0.4, -0.2) is 30.3 Å². The van der Waals surface area contributed by atoms with Crippen LogP contribution in [0.2, 0.25) is 5.02 Å². The number of ketones is 1. The Balaban J connectivity index is 1.85. The Morgan fingerprint density at radius 2 is 1.60 bits per heavy atom. The van der Waals surface area contributed by atoms with E-state index in [1.807, 2.05) is 0 Å². The van der Waals surface area contributed by atoms with Gasteiger partial charge in [-0.15, -0.1) is 0 Å². The molecule has 0 heterocycles. The fraction of sp³-hybridized carbons (Fsp3) is 0.167. The highest BCUT2D eigenvalue weighted by Crippen LogP contribution is 2.09. The standard InChI is InChI=1S/C18H15ClFNO4/c1-11(21-17(23)13-2-6-14(19)7-3-13)18(24)25-10-16(22)12-4-8-15(20)9-5-12/h2-9,11H,10H2,1H3,(H,21,23)/t11-/m0/s1. The number of hydrogen-bond acceptors (Lipinski definition) is 4. The van der Waals surface area contributed by atoms with E-state index in [2.05, 4.69) is 5.32 Å². The van der Waals surface area contributed by atoms with Crippen molar-refractivity contribution in [3.63, 3.8) is 0 Å². The van der Waals surface area contributed by atoms with Gasteiger partial charge in [0.1, 0.15) is 11.9 Å². The molecule has 0 aliphatic carbocycles. The molecule has 0 fully saturated rings. The van der Waals surface area contributed by atoms with Gasteiger partial charge in [-0.25, -0.2) is 9.18 Å². The lowest BCUT2D eigenvalue weighted by Crippen LogP contribution is -2.40. The van der Waals surface area contributed by atoms with E-state index in [9.17, 15) is 18.8 Å². The average molecular weight is 364 g/mol. The Hall–Kier alpha value is -2.73. The van der Waals surface area contributed by atoms with Gasteiger partial charge in [0.25, 0.3) is 5.91 Å². The maximum Gasteiger partial charge on any atom is 0.328 e. The molecule has 2 aromatic carbocycles. The lowest BCUT2D eigenvalue weighted by Gasteiger charge is -2.13. The molecule has 1 amide bonds. The van der Waals surface area contributed by atoms with E-state index >= 15 is 0 Å². The first kappa shape index (κ1) is 18.6. The third-order valence-electron chi connectivity index (χ3n) is 3.32. The van der Waals surface area contributed by atoms with E-state index in [0.717, 1.165) is 12.1 Å². The summed E-state index contributed by atoms with van der Waals surface area (Å²) in [6, 6.07) is 10.1. The summed E-state index contributed by atoms with van der Waals surface area (Å²) in [4.78, 5) is 35.7. The normalized spacial score (nSPS) is 11.5. The molecule has 0 radical (unpaired) electrons. The number of benzene rings is 2. The van der Waals surface area contributed by atoms with E-state index in [0.29, 0.717) is 10.6 Å². The molecule has 0 saturated heterocycles. The summed E-state index contributed by atoms with van der Waals surface area (Å²) in [6.45, 7) is 0.949. The van der Waals surface area contributed by atoms with Gasteiger partial charge < -0.3 is 10.1 Å². The van der Waals surface area contributed by atoms with E-state index in [-0.39, 0.29) is 5.56 Å². The molecule has 0 spiro atoms. The summed E-state index contributed by atoms with van der Waals surface area (Å²) in [7, 11) is 0. The number of hydrogen-bond donors (Lipinski definition) is 1. The predicted octanol–water partition coefficient (Wildman–Crippen LogP) is 3.02. The fourth-order valence-corrected chi connectivity index (χ4v) is 2.05. The van der Waals surface area contributed by atoms with Crippen LogP contribution in [0, 0.1) is 5.82 Å². The van der Waals surface area contributed by atoms with Gasteiger partial charge in [0, 0.05) is 16.1 Å². The van der Waals surface area contributed by atoms with E-state index in [4.69, 9.17) is 16.3 Å². The zero-order valence-electron chi connectivity index (χ0n) is 13.3. The number of carbonyl (C=O) groups is 3. The minimum Gasteiger partial charge on any atom is -0.456 e. The van der Waals surface area contributed by atoms with Gasteiger partial charge in [-0.3, -0.25) is 9.59 Å². The topological polar surface area (TPSA) is 72.5 Å². The first-order valence-corrected chi connectivity index (χ1v) is 7.76. The second-order valence-corrected chi connectivity index (χ2v) is 5.68. The fourth-order valence-electron chi connectivity index (χ4n) is 1.92. The van der Waals surface area contributed by atoms with Gasteiger partial charge >= 0.3 is 5.97 Å². The first-order valence-electron chi connectivity index (χ1n) is 7.38. The largest absolute Gasteiger partial charge is 0.456 e. The van der Waals surface area contributed by atoms with Gasteiger partial charge in [0.05, 0.1) is 0 Å². The van der Waals surface area contributed by atoms with Crippen molar-refractivity contribution in [1.29, 1.82) is 0 Å². The van der Waals surface area contributed by atoms with Crippen molar-refractivity contribution in [3.05, 3.63) is 70.5 Å². The summed E-state index contributed by atoms with van der Waals surface area (Å²) in [5.41, 5.74) is 0.568. The molecular weight excluding hydrogens is 349 g/mol. The molecule has 0 aromatic heterocycles. The highest BCUT2D eigenvalue weighted by atomic mass is 35.5. The SMILES string of the molecule is C[C@H](NC(=O)c1ccc(Cl)cc1)C(=O)OCC(=O)c1ccc(F)cc1. The molecule has 0 saturated carbocycles. The monoisotopic (exact) mass is 363 g/mol. The van der Waals surface area contributed by atoms with Crippen LogP contribution in [0.1, 0.15) is 27.6 Å². The molecule has 0 bridgehead atoms. The van der Waals surface area contributed by atoms with Crippen LogP contribution in [0.5, 0.6) is 0 Å². The maximum atomic E-state index is 12.8. The van der Waals surface area contributed by atoms with Gasteiger partial charge in [-0.1, -0.05) is 11.6 Å². The number of amides is 1. The number of halogens is 2. The Morgan fingerprint density at radius 1 is 1.04 bits per heavy atom. The Morgan fingerprint density at radius 3 is 2.20 bits per heavy atom. The Bertz CT molecular complexity index is 775. The summed E-state index contributed by atoms with van der Waals surface area (Å²) in [5, 5.41) is 2.96. The second-order valence-electron chi connectivity index (χ2n) is 5.24. The molecule has 0 unspecified atom stereocenters. The molecule has 2 aromatic rings. The van der Waals surface area contributed by atoms with Crippen LogP contribution in [0.25, 0.3) is 0 Å². The number of esters is 1. The Labute approximate surface area is 148 Å². The van der Waals surface area contributed by atoms with Gasteiger partial charge in [-0.05, 0) is 55.5 Å². The van der Waals surface area contributed by atoms with Crippen LogP contribution in [0.15, 0.2) is 48.5 Å². The predicted molar refractivity (Wildman–Crippen MR) is 90.1 cm³/mol.